The van der Waals surface area contributed by atoms with Crippen molar-refractivity contribution in [1.82, 2.24) is 14.7 Å². The molecular weight excluding hydrogens is 388 g/mol. The summed E-state index contributed by atoms with van der Waals surface area (Å²) < 4.78 is 11.0. The lowest BCUT2D eigenvalue weighted by Gasteiger charge is -2.10. The number of anilines is 1. The van der Waals surface area contributed by atoms with Gasteiger partial charge in [-0.25, -0.2) is 4.79 Å². The van der Waals surface area contributed by atoms with Crippen LogP contribution in [-0.4, -0.2) is 33.2 Å². The fourth-order valence-electron chi connectivity index (χ4n) is 2.58. The summed E-state index contributed by atoms with van der Waals surface area (Å²) in [4.78, 5) is 41.3. The van der Waals surface area contributed by atoms with Gasteiger partial charge >= 0.3 is 5.97 Å². The lowest BCUT2D eigenvalue weighted by molar-refractivity contribution is -0.116. The number of carbonyl (C=O) groups is 2. The van der Waals surface area contributed by atoms with Crippen LogP contribution in [0.2, 0.25) is 5.02 Å². The van der Waals surface area contributed by atoms with Gasteiger partial charge in [-0.3, -0.25) is 14.2 Å². The van der Waals surface area contributed by atoms with Crippen LogP contribution in [0, 0.1) is 13.8 Å². The lowest BCUT2D eigenvalue weighted by atomic mass is 10.2. The molecular formula is C18H17ClN4O5. The van der Waals surface area contributed by atoms with Gasteiger partial charge in [0, 0.05) is 10.7 Å². The summed E-state index contributed by atoms with van der Waals surface area (Å²) >= 11 is 6.06. The van der Waals surface area contributed by atoms with Crippen LogP contribution in [-0.2, 0) is 16.1 Å². The first-order valence-corrected chi connectivity index (χ1v) is 8.79. The number of fused-ring (bicyclic) bond motifs is 1. The number of amides is 1. The van der Waals surface area contributed by atoms with E-state index in [1.54, 1.807) is 32.0 Å². The fraction of sp³-hybridized carbons (Fsp3) is 0.278. The molecule has 0 saturated carbocycles. The number of aromatic nitrogens is 3. The molecule has 0 atom stereocenters. The first-order valence-electron chi connectivity index (χ1n) is 8.41. The Morgan fingerprint density at radius 3 is 2.75 bits per heavy atom. The zero-order valence-corrected chi connectivity index (χ0v) is 16.2. The summed E-state index contributed by atoms with van der Waals surface area (Å²) in [5.41, 5.74) is 0.392. The van der Waals surface area contributed by atoms with Crippen LogP contribution in [0.3, 0.4) is 0 Å². The Labute approximate surface area is 164 Å². The molecule has 0 spiro atoms. The van der Waals surface area contributed by atoms with Crippen molar-refractivity contribution >= 4 is 40.3 Å². The fourth-order valence-corrected chi connectivity index (χ4v) is 2.76. The zero-order valence-electron chi connectivity index (χ0n) is 15.4. The van der Waals surface area contributed by atoms with Gasteiger partial charge in [0.05, 0.1) is 6.61 Å². The second kappa shape index (κ2) is 7.81. The molecule has 0 fully saturated rings. The summed E-state index contributed by atoms with van der Waals surface area (Å²) in [5, 5.41) is 6.63. The van der Waals surface area contributed by atoms with E-state index < -0.39 is 17.4 Å². The SMILES string of the molecule is CCOC(=O)c1noc2nc(C)n(CC(=O)Nc3ccc(C)c(Cl)c3)c(=O)c12. The largest absolute Gasteiger partial charge is 0.461 e. The molecule has 1 N–H and O–H groups in total. The van der Waals surface area contributed by atoms with Gasteiger partial charge in [0.25, 0.3) is 11.3 Å². The molecule has 2 aromatic heterocycles. The van der Waals surface area contributed by atoms with Crippen molar-refractivity contribution in [3.05, 3.63) is 50.7 Å². The number of nitrogens with one attached hydrogen (secondary N) is 1. The maximum Gasteiger partial charge on any atom is 0.361 e. The molecule has 2 heterocycles. The molecule has 1 aromatic carbocycles. The van der Waals surface area contributed by atoms with E-state index in [9.17, 15) is 14.4 Å². The molecule has 0 saturated heterocycles. The maximum absolute atomic E-state index is 12.8. The molecule has 28 heavy (non-hydrogen) atoms. The Balaban J connectivity index is 1.92. The van der Waals surface area contributed by atoms with Crippen molar-refractivity contribution in [2.45, 2.75) is 27.3 Å². The molecule has 3 aromatic rings. The van der Waals surface area contributed by atoms with E-state index in [1.807, 2.05) is 6.92 Å². The van der Waals surface area contributed by atoms with E-state index in [1.165, 1.54) is 0 Å². The molecule has 0 aliphatic heterocycles. The van der Waals surface area contributed by atoms with Crippen LogP contribution in [0.5, 0.6) is 0 Å². The lowest BCUT2D eigenvalue weighted by Crippen LogP contribution is -2.30. The number of rotatable bonds is 5. The quantitative estimate of drug-likeness (QED) is 0.649. The number of hydrogen-bond acceptors (Lipinski definition) is 7. The highest BCUT2D eigenvalue weighted by atomic mass is 35.5. The smallest absolute Gasteiger partial charge is 0.361 e. The first kappa shape index (κ1) is 19.6. The number of hydrogen-bond donors (Lipinski definition) is 1. The topological polar surface area (TPSA) is 116 Å². The number of benzene rings is 1. The Kier molecular flexibility index (Phi) is 5.46. The highest BCUT2D eigenvalue weighted by Gasteiger charge is 2.24. The standard InChI is InChI=1S/C18H17ClN4O5/c1-4-27-18(26)15-14-16(28-22-15)20-10(3)23(17(14)25)8-13(24)21-11-6-5-9(2)12(19)7-11/h5-7H,4,8H2,1-3H3,(H,21,24). The highest BCUT2D eigenvalue weighted by Crippen LogP contribution is 2.20. The van der Waals surface area contributed by atoms with Crippen molar-refractivity contribution in [2.75, 3.05) is 11.9 Å². The number of carbonyl (C=O) groups excluding carboxylic acids is 2. The van der Waals surface area contributed by atoms with Crippen LogP contribution in [0.15, 0.2) is 27.5 Å². The van der Waals surface area contributed by atoms with E-state index in [0.29, 0.717) is 10.7 Å². The molecule has 0 aliphatic rings. The maximum atomic E-state index is 12.8. The third kappa shape index (κ3) is 3.74. The third-order valence-corrected chi connectivity index (χ3v) is 4.42. The number of halogens is 1. The van der Waals surface area contributed by atoms with Gasteiger partial charge in [0.15, 0.2) is 0 Å². The average Bonchev–Trinajstić information content (AvgIpc) is 3.06. The van der Waals surface area contributed by atoms with E-state index in [4.69, 9.17) is 20.9 Å². The van der Waals surface area contributed by atoms with Crippen molar-refractivity contribution in [3.8, 4) is 0 Å². The summed E-state index contributed by atoms with van der Waals surface area (Å²) in [6.45, 7) is 4.82. The van der Waals surface area contributed by atoms with Crippen molar-refractivity contribution in [3.63, 3.8) is 0 Å². The minimum Gasteiger partial charge on any atom is -0.461 e. The van der Waals surface area contributed by atoms with E-state index in [0.717, 1.165) is 10.1 Å². The van der Waals surface area contributed by atoms with E-state index in [-0.39, 0.29) is 35.8 Å². The monoisotopic (exact) mass is 404 g/mol. The molecule has 9 nitrogen and oxygen atoms in total. The Bertz CT molecular complexity index is 1130. The zero-order chi connectivity index (χ0) is 20.4. The number of ether oxygens (including phenoxy) is 1. The Morgan fingerprint density at radius 1 is 1.32 bits per heavy atom. The van der Waals surface area contributed by atoms with Crippen LogP contribution >= 0.6 is 11.6 Å². The second-order valence-electron chi connectivity index (χ2n) is 5.99. The number of nitrogens with zero attached hydrogens (tertiary/aromatic N) is 3. The minimum absolute atomic E-state index is 0.0903. The molecule has 10 heteroatoms. The molecule has 0 radical (unpaired) electrons. The highest BCUT2D eigenvalue weighted by molar-refractivity contribution is 6.31. The van der Waals surface area contributed by atoms with Crippen molar-refractivity contribution in [1.29, 1.82) is 0 Å². The summed E-state index contributed by atoms with van der Waals surface area (Å²) in [7, 11) is 0. The van der Waals surface area contributed by atoms with Gasteiger partial charge in [0.1, 0.15) is 17.8 Å². The Hall–Kier alpha value is -3.20. The van der Waals surface area contributed by atoms with Gasteiger partial charge in [-0.15, -0.1) is 0 Å². The van der Waals surface area contributed by atoms with Crippen molar-refractivity contribution in [2.24, 2.45) is 0 Å². The molecule has 0 unspecified atom stereocenters. The number of aryl methyl sites for hydroxylation is 2. The van der Waals surface area contributed by atoms with E-state index in [2.05, 4.69) is 15.5 Å². The first-order chi connectivity index (χ1) is 13.3. The summed E-state index contributed by atoms with van der Waals surface area (Å²) in [6.07, 6.45) is 0. The normalized spacial score (nSPS) is 10.9. The molecule has 3 rings (SSSR count). The van der Waals surface area contributed by atoms with Gasteiger partial charge in [0.2, 0.25) is 11.6 Å². The van der Waals surface area contributed by atoms with E-state index >= 15 is 0 Å². The minimum atomic E-state index is -0.797. The predicted octanol–water partition coefficient (Wildman–Crippen LogP) is 2.47. The van der Waals surface area contributed by atoms with Gasteiger partial charge in [-0.05, 0) is 38.5 Å². The molecule has 0 aliphatic carbocycles. The van der Waals surface area contributed by atoms with Crippen LogP contribution in [0.1, 0.15) is 28.8 Å². The summed E-state index contributed by atoms with van der Waals surface area (Å²) in [6, 6.07) is 5.09. The predicted molar refractivity (Wildman–Crippen MR) is 102 cm³/mol. The van der Waals surface area contributed by atoms with Gasteiger partial charge < -0.3 is 14.6 Å². The van der Waals surface area contributed by atoms with Crippen LogP contribution in [0.4, 0.5) is 5.69 Å². The molecule has 146 valence electrons. The summed E-state index contributed by atoms with van der Waals surface area (Å²) in [5.74, 6) is -1.02. The third-order valence-electron chi connectivity index (χ3n) is 4.01. The number of esters is 1. The second-order valence-corrected chi connectivity index (χ2v) is 6.40. The van der Waals surface area contributed by atoms with Crippen LogP contribution in [0.25, 0.3) is 11.1 Å². The van der Waals surface area contributed by atoms with Gasteiger partial charge in [-0.2, -0.15) is 4.98 Å². The Morgan fingerprint density at radius 2 is 2.07 bits per heavy atom. The van der Waals surface area contributed by atoms with Gasteiger partial charge in [-0.1, -0.05) is 22.8 Å². The molecule has 1 amide bonds. The van der Waals surface area contributed by atoms with Crippen LogP contribution < -0.4 is 10.9 Å². The molecule has 0 bridgehead atoms. The average molecular weight is 405 g/mol. The van der Waals surface area contributed by atoms with Crippen molar-refractivity contribution < 1.29 is 18.8 Å².